The largest absolute Gasteiger partial charge is 0.480 e. The predicted molar refractivity (Wildman–Crippen MR) is 216 cm³/mol. The molecule has 12 N–H and O–H groups in total. The molecule has 0 bridgehead atoms. The fourth-order valence-corrected chi connectivity index (χ4v) is 6.08. The predicted octanol–water partition coefficient (Wildman–Crippen LogP) is 1.27. The molecule has 0 saturated carbocycles. The van der Waals surface area contributed by atoms with Crippen molar-refractivity contribution in [2.45, 2.75) is 122 Å². The van der Waals surface area contributed by atoms with Gasteiger partial charge in [0, 0.05) is 12.8 Å². The standard InChI is InChI=1S/C41H64N8O7/c1-26(2)23-32(46-36(50)30(44)19-11-13-21-42)39(53)49-35(27(3)4)40(54)48-34(25-29-17-9-6-10-18-29)38(52)47-33(24-28-15-7-5-8-16-28)37(51)45-31(41(55)56)20-12-14-22-43/h5-10,15-18,26-27,30-35H,11-14,19-25,42-44H2,1-4H3,(H,45,51)(H,46,50)(H,47,52)(H,48,54)(H,49,53)(H,55,56)/t30-,31-,32-,33-,34-,35-/m0/s1. The van der Waals surface area contributed by atoms with Gasteiger partial charge >= 0.3 is 5.97 Å². The number of rotatable bonds is 26. The molecule has 2 aromatic rings. The molecule has 15 heteroatoms. The van der Waals surface area contributed by atoms with E-state index in [1.54, 1.807) is 62.4 Å². The second kappa shape index (κ2) is 25.3. The van der Waals surface area contributed by atoms with Crippen LogP contribution in [0.5, 0.6) is 0 Å². The molecule has 0 heterocycles. The Labute approximate surface area is 331 Å². The lowest BCUT2D eigenvalue weighted by Crippen LogP contribution is -2.61. The Morgan fingerprint density at radius 3 is 1.43 bits per heavy atom. The van der Waals surface area contributed by atoms with Gasteiger partial charge in [-0.2, -0.15) is 0 Å². The number of hydrogen-bond donors (Lipinski definition) is 9. The Bertz CT molecular complexity index is 1530. The summed E-state index contributed by atoms with van der Waals surface area (Å²) in [6, 6.07) is 11.4. The van der Waals surface area contributed by atoms with Crippen LogP contribution in [0.1, 0.15) is 83.8 Å². The Morgan fingerprint density at radius 2 is 0.982 bits per heavy atom. The van der Waals surface area contributed by atoms with Crippen molar-refractivity contribution in [1.29, 1.82) is 0 Å². The van der Waals surface area contributed by atoms with Gasteiger partial charge in [-0.3, -0.25) is 24.0 Å². The van der Waals surface area contributed by atoms with Gasteiger partial charge in [0.1, 0.15) is 30.2 Å². The van der Waals surface area contributed by atoms with Crippen LogP contribution in [0, 0.1) is 11.8 Å². The third-order valence-corrected chi connectivity index (χ3v) is 9.29. The van der Waals surface area contributed by atoms with Gasteiger partial charge < -0.3 is 48.9 Å². The van der Waals surface area contributed by atoms with Crippen LogP contribution in [0.15, 0.2) is 60.7 Å². The van der Waals surface area contributed by atoms with E-state index in [-0.39, 0.29) is 25.2 Å². The number of carboxylic acids is 1. The highest BCUT2D eigenvalue weighted by molar-refractivity contribution is 5.96. The molecule has 0 saturated heterocycles. The molecule has 0 fully saturated rings. The smallest absolute Gasteiger partial charge is 0.326 e. The van der Waals surface area contributed by atoms with Gasteiger partial charge in [0.05, 0.1) is 6.04 Å². The van der Waals surface area contributed by atoms with Crippen LogP contribution < -0.4 is 43.8 Å². The first kappa shape index (κ1) is 47.3. The van der Waals surface area contributed by atoms with Crippen LogP contribution in [0.2, 0.25) is 0 Å². The van der Waals surface area contributed by atoms with Crippen molar-refractivity contribution in [3.05, 3.63) is 71.8 Å². The van der Waals surface area contributed by atoms with E-state index in [0.29, 0.717) is 57.2 Å². The summed E-state index contributed by atoms with van der Waals surface area (Å²) < 4.78 is 0. The second-order valence-electron chi connectivity index (χ2n) is 15.0. The van der Waals surface area contributed by atoms with Crippen LogP contribution in [-0.4, -0.2) is 90.0 Å². The van der Waals surface area contributed by atoms with Crippen LogP contribution in [0.4, 0.5) is 0 Å². The average molecular weight is 781 g/mol. The summed E-state index contributed by atoms with van der Waals surface area (Å²) in [5, 5.41) is 23.5. The summed E-state index contributed by atoms with van der Waals surface area (Å²) in [6.45, 7) is 8.15. The minimum atomic E-state index is -1.21. The molecule has 2 rings (SSSR count). The van der Waals surface area contributed by atoms with Gasteiger partial charge in [0.25, 0.3) is 0 Å². The fraction of sp³-hybridized carbons (Fsp3) is 0.561. The molecule has 0 unspecified atom stereocenters. The summed E-state index contributed by atoms with van der Waals surface area (Å²) in [5.74, 6) is -4.71. The first-order chi connectivity index (χ1) is 26.7. The quantitative estimate of drug-likeness (QED) is 0.0618. The van der Waals surface area contributed by atoms with Crippen molar-refractivity contribution >= 4 is 35.5 Å². The SMILES string of the molecule is CC(C)C[C@H](NC(=O)[C@@H](N)CCCCN)C(=O)N[C@H](C(=O)N[C@@H](Cc1ccccc1)C(=O)N[C@@H](Cc1ccccc1)C(=O)N[C@@H](CCCCN)C(=O)O)C(C)C. The number of amides is 5. The van der Waals surface area contributed by atoms with E-state index in [1.165, 1.54) is 0 Å². The zero-order valence-corrected chi connectivity index (χ0v) is 33.3. The van der Waals surface area contributed by atoms with Crippen molar-refractivity contribution in [3.63, 3.8) is 0 Å². The van der Waals surface area contributed by atoms with Crippen molar-refractivity contribution in [3.8, 4) is 0 Å². The summed E-state index contributed by atoms with van der Waals surface area (Å²) >= 11 is 0. The number of carboxylic acid groups (broad SMARTS) is 1. The van der Waals surface area contributed by atoms with E-state index in [1.807, 2.05) is 26.0 Å². The number of unbranched alkanes of at least 4 members (excludes halogenated alkanes) is 2. The van der Waals surface area contributed by atoms with E-state index in [0.717, 1.165) is 5.56 Å². The van der Waals surface area contributed by atoms with Crippen molar-refractivity contribution < 1.29 is 33.9 Å². The monoisotopic (exact) mass is 780 g/mol. The van der Waals surface area contributed by atoms with Crippen molar-refractivity contribution in [2.24, 2.45) is 29.0 Å². The zero-order valence-electron chi connectivity index (χ0n) is 33.3. The molecular weight excluding hydrogens is 716 g/mol. The lowest BCUT2D eigenvalue weighted by molar-refractivity contribution is -0.142. The minimum absolute atomic E-state index is 0.0162. The van der Waals surface area contributed by atoms with Gasteiger partial charge in [-0.15, -0.1) is 0 Å². The molecule has 56 heavy (non-hydrogen) atoms. The maximum Gasteiger partial charge on any atom is 0.326 e. The maximum atomic E-state index is 14.2. The van der Waals surface area contributed by atoms with E-state index in [9.17, 15) is 33.9 Å². The highest BCUT2D eigenvalue weighted by Crippen LogP contribution is 2.12. The van der Waals surface area contributed by atoms with Crippen molar-refractivity contribution in [2.75, 3.05) is 13.1 Å². The number of aliphatic carboxylic acids is 1. The lowest BCUT2D eigenvalue weighted by atomic mass is 9.98. The molecule has 0 spiro atoms. The first-order valence-corrected chi connectivity index (χ1v) is 19.6. The van der Waals surface area contributed by atoms with E-state index in [4.69, 9.17) is 17.2 Å². The van der Waals surface area contributed by atoms with Crippen LogP contribution in [0.3, 0.4) is 0 Å². The van der Waals surface area contributed by atoms with Gasteiger partial charge in [0.15, 0.2) is 0 Å². The normalized spacial score (nSPS) is 14.4. The molecule has 0 aromatic heterocycles. The van der Waals surface area contributed by atoms with Gasteiger partial charge in [0.2, 0.25) is 29.5 Å². The highest BCUT2D eigenvalue weighted by atomic mass is 16.4. The molecule has 0 radical (unpaired) electrons. The van der Waals surface area contributed by atoms with Gasteiger partial charge in [-0.05, 0) is 74.6 Å². The van der Waals surface area contributed by atoms with Gasteiger partial charge in [-0.1, -0.05) is 94.8 Å². The highest BCUT2D eigenvalue weighted by Gasteiger charge is 2.34. The number of nitrogens with one attached hydrogen (secondary N) is 5. The minimum Gasteiger partial charge on any atom is -0.480 e. The number of carbonyl (C=O) groups is 6. The first-order valence-electron chi connectivity index (χ1n) is 19.6. The fourth-order valence-electron chi connectivity index (χ4n) is 6.08. The number of nitrogens with two attached hydrogens (primary N) is 3. The molecular formula is C41H64N8O7. The summed E-state index contributed by atoms with van der Waals surface area (Å²) in [6.07, 6.45) is 3.38. The molecule has 0 aliphatic carbocycles. The van der Waals surface area contributed by atoms with Crippen LogP contribution >= 0.6 is 0 Å². The second-order valence-corrected chi connectivity index (χ2v) is 15.0. The third-order valence-electron chi connectivity index (χ3n) is 9.29. The third kappa shape index (κ3) is 17.3. The lowest BCUT2D eigenvalue weighted by Gasteiger charge is -2.29. The zero-order chi connectivity index (χ0) is 41.6. The number of hydrogen-bond acceptors (Lipinski definition) is 9. The van der Waals surface area contributed by atoms with E-state index >= 15 is 0 Å². The van der Waals surface area contributed by atoms with E-state index < -0.39 is 77.7 Å². The molecule has 2 aromatic carbocycles. The molecule has 310 valence electrons. The summed E-state index contributed by atoms with van der Waals surface area (Å²) in [5.41, 5.74) is 18.7. The van der Waals surface area contributed by atoms with E-state index in [2.05, 4.69) is 26.6 Å². The molecule has 0 aliphatic heterocycles. The summed E-state index contributed by atoms with van der Waals surface area (Å²) in [4.78, 5) is 80.6. The Kier molecular flexibility index (Phi) is 21.4. The molecule has 5 amide bonds. The molecule has 15 nitrogen and oxygen atoms in total. The average Bonchev–Trinajstić information content (AvgIpc) is 3.15. The van der Waals surface area contributed by atoms with Crippen LogP contribution in [-0.2, 0) is 41.6 Å². The Morgan fingerprint density at radius 1 is 0.554 bits per heavy atom. The number of benzene rings is 2. The van der Waals surface area contributed by atoms with Crippen LogP contribution in [0.25, 0.3) is 0 Å². The topological polar surface area (TPSA) is 261 Å². The molecule has 6 atom stereocenters. The molecule has 0 aliphatic rings. The van der Waals surface area contributed by atoms with Gasteiger partial charge in [-0.25, -0.2) is 4.79 Å². The Hall–Kier alpha value is -4.86. The van der Waals surface area contributed by atoms with Crippen molar-refractivity contribution in [1.82, 2.24) is 26.6 Å². The summed E-state index contributed by atoms with van der Waals surface area (Å²) in [7, 11) is 0. The Balaban J connectivity index is 2.36. The maximum absolute atomic E-state index is 14.2. The number of carbonyl (C=O) groups excluding carboxylic acids is 5.